The number of H-pyrrole nitrogens is 1. The number of amides is 1. The van der Waals surface area contributed by atoms with Crippen molar-refractivity contribution in [3.05, 3.63) is 36.2 Å². The molecular formula is C10H10N4OS. The molecule has 0 bridgehead atoms. The van der Waals surface area contributed by atoms with E-state index >= 15 is 0 Å². The van der Waals surface area contributed by atoms with Crippen molar-refractivity contribution in [3.8, 4) is 0 Å². The summed E-state index contributed by atoms with van der Waals surface area (Å²) in [5.74, 6) is -0.499. The Morgan fingerprint density at radius 1 is 1.44 bits per heavy atom. The van der Waals surface area contributed by atoms with Crippen LogP contribution in [0.2, 0.25) is 0 Å². The van der Waals surface area contributed by atoms with Gasteiger partial charge in [0.1, 0.15) is 0 Å². The van der Waals surface area contributed by atoms with Crippen LogP contribution in [0.1, 0.15) is 10.4 Å². The number of anilines is 1. The molecule has 5 N–H and O–H groups in total. The lowest BCUT2D eigenvalue weighted by Crippen LogP contribution is -2.12. The fourth-order valence-electron chi connectivity index (χ4n) is 1.24. The molecule has 0 unspecified atom stereocenters. The minimum absolute atomic E-state index is 0.404. The normalized spacial score (nSPS) is 10.2. The maximum absolute atomic E-state index is 11.2. The summed E-state index contributed by atoms with van der Waals surface area (Å²) < 4.78 is 0. The van der Waals surface area contributed by atoms with Crippen LogP contribution in [0.5, 0.6) is 0 Å². The van der Waals surface area contributed by atoms with Gasteiger partial charge < -0.3 is 16.5 Å². The van der Waals surface area contributed by atoms with Crippen LogP contribution in [0.4, 0.5) is 5.69 Å². The van der Waals surface area contributed by atoms with Gasteiger partial charge in [0.25, 0.3) is 0 Å². The Morgan fingerprint density at radius 3 is 2.88 bits per heavy atom. The predicted octanol–water partition coefficient (Wildman–Crippen LogP) is 1.24. The Morgan fingerprint density at radius 2 is 2.25 bits per heavy atom. The number of aromatic amines is 1. The van der Waals surface area contributed by atoms with Crippen molar-refractivity contribution >= 4 is 23.4 Å². The van der Waals surface area contributed by atoms with E-state index in [-0.39, 0.29) is 0 Å². The number of hydrogen-bond donors (Lipinski definition) is 3. The fraction of sp³-hybridized carbons (Fsp3) is 0. The summed E-state index contributed by atoms with van der Waals surface area (Å²) in [7, 11) is 0. The van der Waals surface area contributed by atoms with Gasteiger partial charge in [-0.3, -0.25) is 4.79 Å². The maximum Gasteiger partial charge on any atom is 0.249 e. The molecule has 0 aliphatic carbocycles. The first-order valence-corrected chi connectivity index (χ1v) is 5.35. The van der Waals surface area contributed by atoms with Crippen LogP contribution in [0.15, 0.2) is 40.6 Å². The molecule has 1 aromatic carbocycles. The summed E-state index contributed by atoms with van der Waals surface area (Å²) in [5, 5.41) is 0.701. The molecule has 0 fully saturated rings. The number of nitrogens with two attached hydrogens (primary N) is 2. The molecular weight excluding hydrogens is 224 g/mol. The highest BCUT2D eigenvalue weighted by atomic mass is 32.2. The van der Waals surface area contributed by atoms with Gasteiger partial charge in [-0.15, -0.1) is 0 Å². The highest BCUT2D eigenvalue weighted by molar-refractivity contribution is 7.99. The predicted molar refractivity (Wildman–Crippen MR) is 62.1 cm³/mol. The lowest BCUT2D eigenvalue weighted by molar-refractivity contribution is 0.0997. The van der Waals surface area contributed by atoms with Crippen LogP contribution < -0.4 is 11.5 Å². The third kappa shape index (κ3) is 2.17. The van der Waals surface area contributed by atoms with Crippen molar-refractivity contribution < 1.29 is 4.79 Å². The van der Waals surface area contributed by atoms with E-state index in [1.807, 2.05) is 0 Å². The number of aromatic nitrogens is 2. The third-order valence-electron chi connectivity index (χ3n) is 1.95. The lowest BCUT2D eigenvalue weighted by Gasteiger charge is -2.05. The molecule has 0 spiro atoms. The summed E-state index contributed by atoms with van der Waals surface area (Å²) in [6.45, 7) is 0. The molecule has 82 valence electrons. The highest BCUT2D eigenvalue weighted by Gasteiger charge is 2.10. The molecule has 0 saturated heterocycles. The molecule has 0 aliphatic rings. The van der Waals surface area contributed by atoms with E-state index in [1.165, 1.54) is 11.8 Å². The van der Waals surface area contributed by atoms with E-state index in [4.69, 9.17) is 11.5 Å². The van der Waals surface area contributed by atoms with Gasteiger partial charge in [-0.05, 0) is 18.2 Å². The van der Waals surface area contributed by atoms with Gasteiger partial charge in [0.2, 0.25) is 5.91 Å². The molecule has 16 heavy (non-hydrogen) atoms. The van der Waals surface area contributed by atoms with Crippen LogP contribution in [-0.2, 0) is 0 Å². The zero-order chi connectivity index (χ0) is 11.5. The number of carbonyl (C=O) groups is 1. The number of primary amides is 1. The summed E-state index contributed by atoms with van der Waals surface area (Å²) in [6.07, 6.45) is 3.35. The van der Waals surface area contributed by atoms with E-state index in [1.54, 1.807) is 30.6 Å². The van der Waals surface area contributed by atoms with E-state index < -0.39 is 5.91 Å². The number of imidazole rings is 1. The Labute approximate surface area is 96.2 Å². The number of hydrogen-bond acceptors (Lipinski definition) is 4. The quantitative estimate of drug-likeness (QED) is 0.696. The summed E-state index contributed by atoms with van der Waals surface area (Å²) in [4.78, 5) is 19.0. The number of nitrogens with zero attached hydrogens (tertiary/aromatic N) is 1. The average Bonchev–Trinajstić information content (AvgIpc) is 2.73. The monoisotopic (exact) mass is 234 g/mol. The Bertz CT molecular complexity index is 510. The Balaban J connectivity index is 2.36. The largest absolute Gasteiger partial charge is 0.399 e. The summed E-state index contributed by atoms with van der Waals surface area (Å²) in [6, 6.07) is 5.04. The fourth-order valence-corrected chi connectivity index (χ4v) is 2.09. The van der Waals surface area contributed by atoms with Crippen molar-refractivity contribution in [3.63, 3.8) is 0 Å². The van der Waals surface area contributed by atoms with E-state index in [0.717, 1.165) is 4.90 Å². The van der Waals surface area contributed by atoms with E-state index in [9.17, 15) is 4.79 Å². The highest BCUT2D eigenvalue weighted by Crippen LogP contribution is 2.28. The zero-order valence-electron chi connectivity index (χ0n) is 8.31. The lowest BCUT2D eigenvalue weighted by atomic mass is 10.2. The van der Waals surface area contributed by atoms with Crippen molar-refractivity contribution in [2.75, 3.05) is 5.73 Å². The molecule has 1 aromatic heterocycles. The topological polar surface area (TPSA) is 97.8 Å². The maximum atomic E-state index is 11.2. The molecule has 0 atom stereocenters. The van der Waals surface area contributed by atoms with Crippen molar-refractivity contribution in [2.45, 2.75) is 10.1 Å². The summed E-state index contributed by atoms with van der Waals surface area (Å²) >= 11 is 1.33. The van der Waals surface area contributed by atoms with Gasteiger partial charge in [-0.25, -0.2) is 4.98 Å². The molecule has 0 saturated carbocycles. The van der Waals surface area contributed by atoms with E-state index in [2.05, 4.69) is 9.97 Å². The first-order chi connectivity index (χ1) is 7.66. The summed E-state index contributed by atoms with van der Waals surface area (Å²) in [5.41, 5.74) is 11.8. The smallest absolute Gasteiger partial charge is 0.249 e. The molecule has 6 heteroatoms. The van der Waals surface area contributed by atoms with Gasteiger partial charge in [0.15, 0.2) is 5.16 Å². The van der Waals surface area contributed by atoms with Gasteiger partial charge in [-0.1, -0.05) is 11.8 Å². The first kappa shape index (κ1) is 10.6. The molecule has 0 radical (unpaired) electrons. The van der Waals surface area contributed by atoms with Crippen LogP contribution in [-0.4, -0.2) is 15.9 Å². The van der Waals surface area contributed by atoms with Crippen molar-refractivity contribution in [1.29, 1.82) is 0 Å². The second-order valence-electron chi connectivity index (χ2n) is 3.12. The minimum Gasteiger partial charge on any atom is -0.399 e. The average molecular weight is 234 g/mol. The Hall–Kier alpha value is -1.95. The van der Waals surface area contributed by atoms with Gasteiger partial charge in [0.05, 0.1) is 5.56 Å². The number of benzene rings is 1. The number of carbonyl (C=O) groups excluding carboxylic acids is 1. The van der Waals surface area contributed by atoms with Crippen molar-refractivity contribution in [2.24, 2.45) is 5.73 Å². The van der Waals surface area contributed by atoms with Gasteiger partial charge >= 0.3 is 0 Å². The standard InChI is InChI=1S/C10H10N4OS/c11-6-1-2-8(7(5-6)9(12)15)16-10-13-3-4-14-10/h1-5H,11H2,(H2,12,15)(H,13,14). The van der Waals surface area contributed by atoms with Crippen LogP contribution in [0.3, 0.4) is 0 Å². The minimum atomic E-state index is -0.499. The Kier molecular flexibility index (Phi) is 2.82. The molecule has 2 rings (SSSR count). The second-order valence-corrected chi connectivity index (χ2v) is 4.15. The van der Waals surface area contributed by atoms with Crippen molar-refractivity contribution in [1.82, 2.24) is 9.97 Å². The molecule has 1 amide bonds. The van der Waals surface area contributed by atoms with Crippen LogP contribution in [0, 0.1) is 0 Å². The van der Waals surface area contributed by atoms with Gasteiger partial charge in [-0.2, -0.15) is 0 Å². The SMILES string of the molecule is NC(=O)c1cc(N)ccc1Sc1ncc[nH]1. The number of rotatable bonds is 3. The third-order valence-corrected chi connectivity index (χ3v) is 2.94. The van der Waals surface area contributed by atoms with Gasteiger partial charge in [0, 0.05) is 23.0 Å². The zero-order valence-corrected chi connectivity index (χ0v) is 9.12. The van der Waals surface area contributed by atoms with Crippen LogP contribution in [0.25, 0.3) is 0 Å². The van der Waals surface area contributed by atoms with E-state index in [0.29, 0.717) is 16.4 Å². The first-order valence-electron chi connectivity index (χ1n) is 4.53. The number of nitrogens with one attached hydrogen (secondary N) is 1. The molecule has 5 nitrogen and oxygen atoms in total. The molecule has 2 aromatic rings. The number of nitrogen functional groups attached to an aromatic ring is 1. The second kappa shape index (κ2) is 4.28. The molecule has 1 heterocycles. The molecule has 0 aliphatic heterocycles. The van der Waals surface area contributed by atoms with Crippen LogP contribution >= 0.6 is 11.8 Å².